The molecule has 0 aliphatic carbocycles. The van der Waals surface area contributed by atoms with E-state index in [4.69, 9.17) is 23.2 Å². The maximum Gasteiger partial charge on any atom is 0.148 e. The highest BCUT2D eigenvalue weighted by atomic mass is 35.5. The van der Waals surface area contributed by atoms with Gasteiger partial charge < -0.3 is 10.0 Å². The van der Waals surface area contributed by atoms with Gasteiger partial charge in [-0.3, -0.25) is 4.98 Å². The summed E-state index contributed by atoms with van der Waals surface area (Å²) in [6.07, 6.45) is 3.18. The molecule has 0 spiro atoms. The summed E-state index contributed by atoms with van der Waals surface area (Å²) < 4.78 is 14.7. The smallest absolute Gasteiger partial charge is 0.148 e. The molecule has 4 nitrogen and oxygen atoms in total. The highest BCUT2D eigenvalue weighted by Gasteiger charge is 2.21. The van der Waals surface area contributed by atoms with E-state index in [2.05, 4.69) is 9.97 Å². The molecule has 0 amide bonds. The van der Waals surface area contributed by atoms with Crippen molar-refractivity contribution in [2.24, 2.45) is 0 Å². The molecule has 0 unspecified atom stereocenters. The second-order valence-electron chi connectivity index (χ2n) is 6.11. The minimum absolute atomic E-state index is 0.0200. The van der Waals surface area contributed by atoms with Gasteiger partial charge in [0.25, 0.3) is 0 Å². The quantitative estimate of drug-likeness (QED) is 0.437. The van der Waals surface area contributed by atoms with E-state index in [1.807, 2.05) is 0 Å². The lowest BCUT2D eigenvalue weighted by Gasteiger charge is -2.26. The van der Waals surface area contributed by atoms with Crippen molar-refractivity contribution in [3.05, 3.63) is 88.4 Å². The third-order valence-corrected chi connectivity index (χ3v) is 4.97. The fourth-order valence-corrected chi connectivity index (χ4v) is 3.61. The minimum Gasteiger partial charge on any atom is -0.505 e. The van der Waals surface area contributed by atoms with Crippen LogP contribution in [0.2, 0.25) is 10.0 Å². The molecule has 0 aliphatic heterocycles. The zero-order chi connectivity index (χ0) is 19.7. The highest BCUT2D eigenvalue weighted by molar-refractivity contribution is 6.35. The van der Waals surface area contributed by atoms with Gasteiger partial charge in [0.2, 0.25) is 0 Å². The van der Waals surface area contributed by atoms with Crippen molar-refractivity contribution in [2.45, 2.75) is 6.54 Å². The second kappa shape index (κ2) is 7.62. The predicted octanol–water partition coefficient (Wildman–Crippen LogP) is 6.12. The lowest BCUT2D eigenvalue weighted by molar-refractivity contribution is 0.473. The summed E-state index contributed by atoms with van der Waals surface area (Å²) in [4.78, 5) is 10.1. The van der Waals surface area contributed by atoms with Crippen LogP contribution in [0, 0.1) is 5.82 Å². The summed E-state index contributed by atoms with van der Waals surface area (Å²) in [6.45, 7) is 0.0930. The summed E-state index contributed by atoms with van der Waals surface area (Å²) in [5.41, 5.74) is 1.02. The standard InChI is InChI=1S/C21H14Cl2FN3O/c22-15-6-3-7-17(24)20(15)27(18-8-1-2-9-25-18)12-13-11-16(23)14-5-4-10-26-19(14)21(13)28/h1-11,28H,12H2. The van der Waals surface area contributed by atoms with Crippen molar-refractivity contribution in [3.63, 3.8) is 0 Å². The number of rotatable bonds is 4. The van der Waals surface area contributed by atoms with Gasteiger partial charge in [0, 0.05) is 23.3 Å². The molecular formula is C21H14Cl2FN3O. The van der Waals surface area contributed by atoms with E-state index in [1.54, 1.807) is 59.8 Å². The Bertz CT molecular complexity index is 1130. The molecule has 7 heteroatoms. The van der Waals surface area contributed by atoms with Crippen molar-refractivity contribution in [1.82, 2.24) is 9.97 Å². The van der Waals surface area contributed by atoms with E-state index in [0.29, 0.717) is 27.3 Å². The molecule has 0 bridgehead atoms. The van der Waals surface area contributed by atoms with Crippen molar-refractivity contribution in [1.29, 1.82) is 0 Å². The number of hydrogen-bond acceptors (Lipinski definition) is 4. The fraction of sp³-hybridized carbons (Fsp3) is 0.0476. The van der Waals surface area contributed by atoms with E-state index in [1.165, 1.54) is 12.1 Å². The van der Waals surface area contributed by atoms with E-state index in [9.17, 15) is 9.50 Å². The average molecular weight is 414 g/mol. The number of halogens is 3. The Balaban J connectivity index is 1.88. The van der Waals surface area contributed by atoms with Gasteiger partial charge in [-0.2, -0.15) is 0 Å². The molecule has 0 saturated heterocycles. The number of hydrogen-bond donors (Lipinski definition) is 1. The Morgan fingerprint density at radius 2 is 1.75 bits per heavy atom. The van der Waals surface area contributed by atoms with Crippen LogP contribution in [0.25, 0.3) is 10.9 Å². The predicted molar refractivity (Wildman–Crippen MR) is 110 cm³/mol. The molecule has 0 atom stereocenters. The lowest BCUT2D eigenvalue weighted by Crippen LogP contribution is -2.19. The number of para-hydroxylation sites is 1. The second-order valence-corrected chi connectivity index (χ2v) is 6.92. The van der Waals surface area contributed by atoms with Gasteiger partial charge in [0.1, 0.15) is 22.9 Å². The lowest BCUT2D eigenvalue weighted by atomic mass is 10.1. The van der Waals surface area contributed by atoms with E-state index in [0.717, 1.165) is 0 Å². The Morgan fingerprint density at radius 3 is 2.50 bits per heavy atom. The van der Waals surface area contributed by atoms with E-state index >= 15 is 0 Å². The molecule has 0 aliphatic rings. The number of anilines is 2. The SMILES string of the molecule is Oc1c(CN(c2ccccn2)c2c(F)cccc2Cl)cc(Cl)c2cccnc12. The number of phenolic OH excluding ortho intramolecular Hbond substituents is 1. The number of pyridine rings is 2. The first kappa shape index (κ1) is 18.5. The maximum absolute atomic E-state index is 14.7. The van der Waals surface area contributed by atoms with Gasteiger partial charge in [0.05, 0.1) is 22.3 Å². The number of phenols is 1. The first-order valence-electron chi connectivity index (χ1n) is 8.44. The minimum atomic E-state index is -0.498. The van der Waals surface area contributed by atoms with Crippen LogP contribution in [-0.2, 0) is 6.54 Å². The molecule has 4 rings (SSSR count). The Hall–Kier alpha value is -2.89. The van der Waals surface area contributed by atoms with Crippen LogP contribution in [0.3, 0.4) is 0 Å². The van der Waals surface area contributed by atoms with Gasteiger partial charge in [-0.05, 0) is 42.5 Å². The van der Waals surface area contributed by atoms with E-state index < -0.39 is 5.82 Å². The van der Waals surface area contributed by atoms with Gasteiger partial charge in [-0.25, -0.2) is 9.37 Å². The molecule has 0 fully saturated rings. The molecule has 1 N–H and O–H groups in total. The number of nitrogens with zero attached hydrogens (tertiary/aromatic N) is 3. The molecule has 2 heterocycles. The van der Waals surface area contributed by atoms with Crippen molar-refractivity contribution >= 4 is 45.6 Å². The van der Waals surface area contributed by atoms with Gasteiger partial charge in [0.15, 0.2) is 0 Å². The average Bonchev–Trinajstić information content (AvgIpc) is 2.71. The monoisotopic (exact) mass is 413 g/mol. The topological polar surface area (TPSA) is 49.2 Å². The van der Waals surface area contributed by atoms with Crippen LogP contribution < -0.4 is 4.90 Å². The fourth-order valence-electron chi connectivity index (χ4n) is 3.06. The first-order valence-corrected chi connectivity index (χ1v) is 9.19. The Morgan fingerprint density at radius 1 is 0.929 bits per heavy atom. The van der Waals surface area contributed by atoms with Crippen LogP contribution in [0.5, 0.6) is 5.75 Å². The first-order chi connectivity index (χ1) is 13.6. The van der Waals surface area contributed by atoms with Crippen LogP contribution in [-0.4, -0.2) is 15.1 Å². The van der Waals surface area contributed by atoms with Gasteiger partial charge in [-0.15, -0.1) is 0 Å². The molecule has 0 radical (unpaired) electrons. The maximum atomic E-state index is 14.7. The van der Waals surface area contributed by atoms with Crippen molar-refractivity contribution in [2.75, 3.05) is 4.90 Å². The summed E-state index contributed by atoms with van der Waals surface area (Å²) in [7, 11) is 0. The molecule has 28 heavy (non-hydrogen) atoms. The van der Waals surface area contributed by atoms with Crippen molar-refractivity contribution in [3.8, 4) is 5.75 Å². The number of aromatic nitrogens is 2. The van der Waals surface area contributed by atoms with Crippen molar-refractivity contribution < 1.29 is 9.50 Å². The largest absolute Gasteiger partial charge is 0.505 e. The summed E-state index contributed by atoms with van der Waals surface area (Å²) >= 11 is 12.7. The molecule has 2 aromatic carbocycles. The van der Waals surface area contributed by atoms with Crippen LogP contribution in [0.4, 0.5) is 15.9 Å². The third kappa shape index (κ3) is 3.35. The Labute approximate surface area is 170 Å². The molecule has 140 valence electrons. The highest BCUT2D eigenvalue weighted by Crippen LogP contribution is 2.38. The van der Waals surface area contributed by atoms with Crippen LogP contribution in [0.1, 0.15) is 5.56 Å². The normalized spacial score (nSPS) is 11.0. The zero-order valence-electron chi connectivity index (χ0n) is 14.5. The molecule has 0 saturated carbocycles. The molecule has 2 aromatic heterocycles. The third-order valence-electron chi connectivity index (χ3n) is 4.36. The van der Waals surface area contributed by atoms with Gasteiger partial charge >= 0.3 is 0 Å². The zero-order valence-corrected chi connectivity index (χ0v) is 16.0. The molecular weight excluding hydrogens is 400 g/mol. The summed E-state index contributed by atoms with van der Waals surface area (Å²) in [5.74, 6) is -0.0396. The van der Waals surface area contributed by atoms with Gasteiger partial charge in [-0.1, -0.05) is 35.3 Å². The van der Waals surface area contributed by atoms with Crippen LogP contribution >= 0.6 is 23.2 Å². The number of benzene rings is 2. The van der Waals surface area contributed by atoms with Crippen LogP contribution in [0.15, 0.2) is 67.0 Å². The molecule has 4 aromatic rings. The Kier molecular flexibility index (Phi) is 5.03. The number of fused-ring (bicyclic) bond motifs is 1. The van der Waals surface area contributed by atoms with E-state index in [-0.39, 0.29) is 23.0 Å². The summed E-state index contributed by atoms with van der Waals surface area (Å²) in [5, 5.41) is 12.1. The number of aromatic hydroxyl groups is 1. The summed E-state index contributed by atoms with van der Waals surface area (Å²) in [6, 6.07) is 14.9.